The fraction of sp³-hybridized carbons (Fsp3) is 0.933. The molecule has 110 valence electrons. The quantitative estimate of drug-likeness (QED) is 0.850. The summed E-state index contributed by atoms with van der Waals surface area (Å²) in [6.07, 6.45) is 5.15. The molecule has 3 unspecified atom stereocenters. The number of hydrogen-bond donors (Lipinski definition) is 1. The standard InChI is InChI=1S/C15H28N2O2/c1-5-7-13-16-12(6-2)14(18)17(13)11-8-9-19-15(3,4)10-11/h11-13,16H,5-10H2,1-4H3. The second-order valence-electron chi connectivity index (χ2n) is 6.43. The van der Waals surface area contributed by atoms with Gasteiger partial charge in [-0.2, -0.15) is 0 Å². The lowest BCUT2D eigenvalue weighted by molar-refractivity contribution is -0.139. The predicted molar refractivity (Wildman–Crippen MR) is 75.8 cm³/mol. The molecule has 19 heavy (non-hydrogen) atoms. The van der Waals surface area contributed by atoms with Crippen molar-refractivity contribution in [2.75, 3.05) is 6.61 Å². The molecule has 2 aliphatic rings. The van der Waals surface area contributed by atoms with Crippen LogP contribution in [-0.2, 0) is 9.53 Å². The molecule has 3 atom stereocenters. The Morgan fingerprint density at radius 2 is 2.16 bits per heavy atom. The molecule has 0 saturated carbocycles. The number of nitrogens with one attached hydrogen (secondary N) is 1. The molecule has 2 aliphatic heterocycles. The number of rotatable bonds is 4. The van der Waals surface area contributed by atoms with Gasteiger partial charge in [0.2, 0.25) is 5.91 Å². The highest BCUT2D eigenvalue weighted by atomic mass is 16.5. The fourth-order valence-corrected chi connectivity index (χ4v) is 3.38. The smallest absolute Gasteiger partial charge is 0.241 e. The van der Waals surface area contributed by atoms with Crippen LogP contribution in [0.5, 0.6) is 0 Å². The van der Waals surface area contributed by atoms with Crippen molar-refractivity contribution < 1.29 is 9.53 Å². The average Bonchev–Trinajstić information content (AvgIpc) is 2.65. The zero-order chi connectivity index (χ0) is 14.0. The minimum atomic E-state index is -0.107. The maximum absolute atomic E-state index is 12.6. The van der Waals surface area contributed by atoms with Gasteiger partial charge in [-0.05, 0) is 39.5 Å². The fourth-order valence-electron chi connectivity index (χ4n) is 3.38. The molecule has 4 heteroatoms. The Kier molecular flexibility index (Phi) is 4.51. The van der Waals surface area contributed by atoms with Gasteiger partial charge in [0.25, 0.3) is 0 Å². The highest BCUT2D eigenvalue weighted by Crippen LogP contribution is 2.31. The van der Waals surface area contributed by atoms with E-state index in [9.17, 15) is 4.79 Å². The molecule has 2 fully saturated rings. The Morgan fingerprint density at radius 3 is 2.74 bits per heavy atom. The summed E-state index contributed by atoms with van der Waals surface area (Å²) in [4.78, 5) is 14.7. The van der Waals surface area contributed by atoms with Crippen molar-refractivity contribution in [2.24, 2.45) is 0 Å². The van der Waals surface area contributed by atoms with E-state index in [2.05, 4.69) is 37.9 Å². The summed E-state index contributed by atoms with van der Waals surface area (Å²) in [6.45, 7) is 9.27. The third-order valence-electron chi connectivity index (χ3n) is 4.32. The number of hydrogen-bond acceptors (Lipinski definition) is 3. The summed E-state index contributed by atoms with van der Waals surface area (Å²) in [5, 5.41) is 3.50. The second-order valence-corrected chi connectivity index (χ2v) is 6.43. The van der Waals surface area contributed by atoms with Crippen LogP contribution < -0.4 is 5.32 Å². The first kappa shape index (κ1) is 14.8. The Bertz CT molecular complexity index is 330. The van der Waals surface area contributed by atoms with Crippen molar-refractivity contribution in [1.82, 2.24) is 10.2 Å². The summed E-state index contributed by atoms with van der Waals surface area (Å²) in [6, 6.07) is 0.347. The van der Waals surface area contributed by atoms with Gasteiger partial charge in [0, 0.05) is 12.6 Å². The van der Waals surface area contributed by atoms with Crippen LogP contribution in [0, 0.1) is 0 Å². The Morgan fingerprint density at radius 1 is 1.42 bits per heavy atom. The lowest BCUT2D eigenvalue weighted by Gasteiger charge is -2.41. The largest absolute Gasteiger partial charge is 0.375 e. The number of carbonyl (C=O) groups excluding carboxylic acids is 1. The van der Waals surface area contributed by atoms with Gasteiger partial charge in [-0.15, -0.1) is 0 Å². The summed E-state index contributed by atoms with van der Waals surface area (Å²) < 4.78 is 5.78. The van der Waals surface area contributed by atoms with Gasteiger partial charge >= 0.3 is 0 Å². The summed E-state index contributed by atoms with van der Waals surface area (Å²) in [5.74, 6) is 0.295. The molecule has 2 rings (SSSR count). The zero-order valence-corrected chi connectivity index (χ0v) is 12.7. The van der Waals surface area contributed by atoms with E-state index in [4.69, 9.17) is 4.74 Å². The monoisotopic (exact) mass is 268 g/mol. The van der Waals surface area contributed by atoms with E-state index >= 15 is 0 Å². The Labute approximate surface area is 116 Å². The molecule has 0 bridgehead atoms. The van der Waals surface area contributed by atoms with Crippen LogP contribution >= 0.6 is 0 Å². The van der Waals surface area contributed by atoms with E-state index in [1.807, 2.05) is 0 Å². The number of nitrogens with zero attached hydrogens (tertiary/aromatic N) is 1. The normalized spacial score (nSPS) is 34.8. The molecule has 2 heterocycles. The lowest BCUT2D eigenvalue weighted by Crippen LogP contribution is -2.51. The van der Waals surface area contributed by atoms with Gasteiger partial charge in [-0.25, -0.2) is 0 Å². The van der Waals surface area contributed by atoms with E-state index in [0.717, 1.165) is 38.7 Å². The van der Waals surface area contributed by atoms with E-state index in [1.54, 1.807) is 0 Å². The summed E-state index contributed by atoms with van der Waals surface area (Å²) >= 11 is 0. The van der Waals surface area contributed by atoms with Crippen LogP contribution in [0.1, 0.15) is 59.8 Å². The molecule has 2 saturated heterocycles. The van der Waals surface area contributed by atoms with Crippen molar-refractivity contribution in [3.8, 4) is 0 Å². The van der Waals surface area contributed by atoms with E-state index in [-0.39, 0.29) is 17.8 Å². The van der Waals surface area contributed by atoms with Gasteiger partial charge in [-0.1, -0.05) is 20.3 Å². The maximum atomic E-state index is 12.6. The maximum Gasteiger partial charge on any atom is 0.241 e. The third-order valence-corrected chi connectivity index (χ3v) is 4.32. The first-order chi connectivity index (χ1) is 8.98. The van der Waals surface area contributed by atoms with E-state index in [1.165, 1.54) is 0 Å². The van der Waals surface area contributed by atoms with Crippen LogP contribution in [0.4, 0.5) is 0 Å². The Balaban J connectivity index is 2.12. The molecule has 0 radical (unpaired) electrons. The van der Waals surface area contributed by atoms with Crippen LogP contribution in [0.25, 0.3) is 0 Å². The van der Waals surface area contributed by atoms with Crippen molar-refractivity contribution in [3.63, 3.8) is 0 Å². The molecule has 0 aliphatic carbocycles. The van der Waals surface area contributed by atoms with Gasteiger partial charge in [0.15, 0.2) is 0 Å². The van der Waals surface area contributed by atoms with Crippen molar-refractivity contribution in [3.05, 3.63) is 0 Å². The summed E-state index contributed by atoms with van der Waals surface area (Å²) in [7, 11) is 0. The van der Waals surface area contributed by atoms with Crippen LogP contribution in [-0.4, -0.2) is 41.3 Å². The van der Waals surface area contributed by atoms with Crippen molar-refractivity contribution in [2.45, 2.75) is 83.6 Å². The minimum Gasteiger partial charge on any atom is -0.375 e. The van der Waals surface area contributed by atoms with Crippen molar-refractivity contribution >= 4 is 5.91 Å². The summed E-state index contributed by atoms with van der Waals surface area (Å²) in [5.41, 5.74) is -0.107. The molecule has 1 amide bonds. The molecule has 4 nitrogen and oxygen atoms in total. The average molecular weight is 268 g/mol. The first-order valence-electron chi connectivity index (χ1n) is 7.70. The first-order valence-corrected chi connectivity index (χ1v) is 7.70. The van der Waals surface area contributed by atoms with Gasteiger partial charge < -0.3 is 9.64 Å². The zero-order valence-electron chi connectivity index (χ0n) is 12.7. The van der Waals surface area contributed by atoms with Gasteiger partial charge in [0.05, 0.1) is 17.8 Å². The van der Waals surface area contributed by atoms with E-state index < -0.39 is 0 Å². The molecular formula is C15H28N2O2. The molecule has 0 aromatic heterocycles. The van der Waals surface area contributed by atoms with Crippen LogP contribution in [0.15, 0.2) is 0 Å². The molecule has 1 N–H and O–H groups in total. The van der Waals surface area contributed by atoms with Gasteiger partial charge in [0.1, 0.15) is 0 Å². The highest BCUT2D eigenvalue weighted by molar-refractivity contribution is 5.84. The molecule has 0 aromatic rings. The lowest BCUT2D eigenvalue weighted by atomic mass is 9.92. The predicted octanol–water partition coefficient (Wildman–Crippen LogP) is 2.28. The number of amides is 1. The van der Waals surface area contributed by atoms with Gasteiger partial charge in [-0.3, -0.25) is 10.1 Å². The van der Waals surface area contributed by atoms with E-state index in [0.29, 0.717) is 11.9 Å². The highest BCUT2D eigenvalue weighted by Gasteiger charge is 2.43. The SMILES string of the molecule is CCCC1NC(CC)C(=O)N1C1CCOC(C)(C)C1. The molecule has 0 aromatic carbocycles. The number of ether oxygens (including phenoxy) is 1. The Hall–Kier alpha value is -0.610. The third kappa shape index (κ3) is 3.11. The molecular weight excluding hydrogens is 240 g/mol. The van der Waals surface area contributed by atoms with Crippen LogP contribution in [0.3, 0.4) is 0 Å². The second kappa shape index (κ2) is 5.80. The number of carbonyl (C=O) groups is 1. The van der Waals surface area contributed by atoms with Crippen LogP contribution in [0.2, 0.25) is 0 Å². The minimum absolute atomic E-state index is 0.0162. The topological polar surface area (TPSA) is 41.6 Å². The van der Waals surface area contributed by atoms with Crippen molar-refractivity contribution in [1.29, 1.82) is 0 Å². The molecule has 0 spiro atoms.